The summed E-state index contributed by atoms with van der Waals surface area (Å²) in [6.07, 6.45) is 1.86. The number of halogens is 1. The normalized spacial score (nSPS) is 19.9. The fourth-order valence-corrected chi connectivity index (χ4v) is 2.64. The first-order valence-corrected chi connectivity index (χ1v) is 6.88. The van der Waals surface area contributed by atoms with Crippen LogP contribution in [0.4, 0.5) is 4.39 Å². The molecule has 0 radical (unpaired) electrons. The Morgan fingerprint density at radius 1 is 1.55 bits per heavy atom. The minimum absolute atomic E-state index is 0.0106. The van der Waals surface area contributed by atoms with Gasteiger partial charge in [0.15, 0.2) is 0 Å². The van der Waals surface area contributed by atoms with E-state index in [2.05, 4.69) is 4.90 Å². The molecule has 1 aromatic carbocycles. The average Bonchev–Trinajstić information content (AvgIpc) is 2.46. The van der Waals surface area contributed by atoms with Gasteiger partial charge in [0, 0.05) is 20.1 Å². The van der Waals surface area contributed by atoms with Crippen LogP contribution in [0.5, 0.6) is 0 Å². The van der Waals surface area contributed by atoms with Crippen LogP contribution in [0.15, 0.2) is 24.3 Å². The summed E-state index contributed by atoms with van der Waals surface area (Å²) in [6, 6.07) is 6.62. The molecule has 1 amide bonds. The standard InChI is InChI=1S/C15H21FN2O2/c1-17(20-2)15(19)13-6-4-8-18(11-13)10-12-5-3-7-14(16)9-12/h3,5,7,9,13H,4,6,8,10-11H2,1-2H3/t13-/m0/s1. The molecule has 5 heteroatoms. The zero-order chi connectivity index (χ0) is 14.5. The first-order valence-electron chi connectivity index (χ1n) is 6.88. The molecule has 1 aromatic rings. The topological polar surface area (TPSA) is 32.8 Å². The number of benzene rings is 1. The molecular formula is C15H21FN2O2. The van der Waals surface area contributed by atoms with Gasteiger partial charge >= 0.3 is 0 Å². The van der Waals surface area contributed by atoms with Gasteiger partial charge in [0.25, 0.3) is 0 Å². The van der Waals surface area contributed by atoms with E-state index in [0.29, 0.717) is 13.1 Å². The lowest BCUT2D eigenvalue weighted by molar-refractivity contribution is -0.175. The van der Waals surface area contributed by atoms with E-state index in [1.165, 1.54) is 18.2 Å². The highest BCUT2D eigenvalue weighted by molar-refractivity contribution is 5.77. The largest absolute Gasteiger partial charge is 0.298 e. The summed E-state index contributed by atoms with van der Waals surface area (Å²) in [5.41, 5.74) is 0.943. The SMILES string of the molecule is CON(C)C(=O)[C@H]1CCCN(Cc2cccc(F)c2)C1. The molecule has 1 atom stereocenters. The molecule has 0 spiro atoms. The van der Waals surface area contributed by atoms with Crippen molar-refractivity contribution >= 4 is 5.91 Å². The molecule has 0 aromatic heterocycles. The maximum absolute atomic E-state index is 13.2. The lowest BCUT2D eigenvalue weighted by Gasteiger charge is -2.33. The van der Waals surface area contributed by atoms with Crippen molar-refractivity contribution < 1.29 is 14.0 Å². The van der Waals surface area contributed by atoms with Crippen molar-refractivity contribution in [3.05, 3.63) is 35.6 Å². The molecule has 110 valence electrons. The zero-order valence-electron chi connectivity index (χ0n) is 12.0. The quantitative estimate of drug-likeness (QED) is 0.791. The molecule has 0 bridgehead atoms. The second kappa shape index (κ2) is 6.81. The molecule has 1 aliphatic rings. The van der Waals surface area contributed by atoms with Gasteiger partial charge in [-0.05, 0) is 37.1 Å². The van der Waals surface area contributed by atoms with E-state index in [9.17, 15) is 9.18 Å². The van der Waals surface area contributed by atoms with Gasteiger partial charge in [-0.15, -0.1) is 0 Å². The predicted molar refractivity (Wildman–Crippen MR) is 74.2 cm³/mol. The summed E-state index contributed by atoms with van der Waals surface area (Å²) in [5, 5.41) is 1.29. The molecule has 20 heavy (non-hydrogen) atoms. The first kappa shape index (κ1) is 14.9. The summed E-state index contributed by atoms with van der Waals surface area (Å²) in [5.74, 6) is -0.245. The Balaban J connectivity index is 1.95. The molecule has 0 aliphatic carbocycles. The van der Waals surface area contributed by atoms with Crippen LogP contribution < -0.4 is 0 Å². The lowest BCUT2D eigenvalue weighted by atomic mass is 9.96. The highest BCUT2D eigenvalue weighted by atomic mass is 19.1. The van der Waals surface area contributed by atoms with Crippen molar-refractivity contribution in [2.45, 2.75) is 19.4 Å². The number of carbonyl (C=O) groups is 1. The summed E-state index contributed by atoms with van der Waals surface area (Å²) < 4.78 is 13.2. The van der Waals surface area contributed by atoms with E-state index >= 15 is 0 Å². The minimum atomic E-state index is -0.216. The summed E-state index contributed by atoms with van der Waals surface area (Å²) in [4.78, 5) is 19.2. The van der Waals surface area contributed by atoms with Crippen LogP contribution >= 0.6 is 0 Å². The molecule has 0 saturated carbocycles. The highest BCUT2D eigenvalue weighted by Crippen LogP contribution is 2.20. The van der Waals surface area contributed by atoms with Gasteiger partial charge in [-0.1, -0.05) is 12.1 Å². The smallest absolute Gasteiger partial charge is 0.250 e. The monoisotopic (exact) mass is 280 g/mol. The maximum Gasteiger partial charge on any atom is 0.250 e. The van der Waals surface area contributed by atoms with Crippen LogP contribution in [-0.2, 0) is 16.2 Å². The maximum atomic E-state index is 13.2. The van der Waals surface area contributed by atoms with Crippen molar-refractivity contribution in [2.75, 3.05) is 27.2 Å². The Labute approximate surface area is 119 Å². The summed E-state index contributed by atoms with van der Waals surface area (Å²) >= 11 is 0. The summed E-state index contributed by atoms with van der Waals surface area (Å²) in [6.45, 7) is 2.32. The number of likely N-dealkylation sites (tertiary alicyclic amines) is 1. The van der Waals surface area contributed by atoms with E-state index in [4.69, 9.17) is 4.84 Å². The van der Waals surface area contributed by atoms with E-state index in [1.54, 1.807) is 19.2 Å². The number of hydroxylamine groups is 2. The fourth-order valence-electron chi connectivity index (χ4n) is 2.64. The van der Waals surface area contributed by atoms with Crippen LogP contribution in [0.3, 0.4) is 0 Å². The molecule has 1 saturated heterocycles. The Kier molecular flexibility index (Phi) is 5.09. The third kappa shape index (κ3) is 3.77. The highest BCUT2D eigenvalue weighted by Gasteiger charge is 2.28. The Morgan fingerprint density at radius 3 is 3.05 bits per heavy atom. The number of carbonyl (C=O) groups excluding carboxylic acids is 1. The van der Waals surface area contributed by atoms with E-state index in [-0.39, 0.29) is 17.6 Å². The van der Waals surface area contributed by atoms with Crippen molar-refractivity contribution in [1.29, 1.82) is 0 Å². The molecule has 1 heterocycles. The molecule has 1 aliphatic heterocycles. The second-order valence-electron chi connectivity index (χ2n) is 5.22. The summed E-state index contributed by atoms with van der Waals surface area (Å²) in [7, 11) is 3.12. The number of nitrogens with zero attached hydrogens (tertiary/aromatic N) is 2. The molecule has 2 rings (SSSR count). The Morgan fingerprint density at radius 2 is 2.35 bits per heavy atom. The Bertz CT molecular complexity index is 467. The fraction of sp³-hybridized carbons (Fsp3) is 0.533. The van der Waals surface area contributed by atoms with Gasteiger partial charge in [-0.2, -0.15) is 0 Å². The Hall–Kier alpha value is -1.46. The number of hydrogen-bond acceptors (Lipinski definition) is 3. The van der Waals surface area contributed by atoms with Crippen molar-refractivity contribution in [3.63, 3.8) is 0 Å². The van der Waals surface area contributed by atoms with E-state index in [0.717, 1.165) is 24.9 Å². The number of rotatable bonds is 4. The molecule has 0 N–H and O–H groups in total. The van der Waals surface area contributed by atoms with Gasteiger partial charge in [-0.3, -0.25) is 14.5 Å². The third-order valence-electron chi connectivity index (χ3n) is 3.73. The van der Waals surface area contributed by atoms with Crippen molar-refractivity contribution in [1.82, 2.24) is 9.96 Å². The molecular weight excluding hydrogens is 259 g/mol. The van der Waals surface area contributed by atoms with E-state index < -0.39 is 0 Å². The van der Waals surface area contributed by atoms with Crippen LogP contribution in [0.2, 0.25) is 0 Å². The van der Waals surface area contributed by atoms with Crippen molar-refractivity contribution in [3.8, 4) is 0 Å². The van der Waals surface area contributed by atoms with Gasteiger partial charge in [0.05, 0.1) is 13.0 Å². The number of hydrogen-bond donors (Lipinski definition) is 0. The minimum Gasteiger partial charge on any atom is -0.298 e. The molecule has 1 fully saturated rings. The van der Waals surface area contributed by atoms with Crippen LogP contribution in [0, 0.1) is 11.7 Å². The van der Waals surface area contributed by atoms with Crippen LogP contribution in [0.25, 0.3) is 0 Å². The molecule has 4 nitrogen and oxygen atoms in total. The van der Waals surface area contributed by atoms with Gasteiger partial charge in [0.2, 0.25) is 5.91 Å². The van der Waals surface area contributed by atoms with Crippen LogP contribution in [0.1, 0.15) is 18.4 Å². The lowest BCUT2D eigenvalue weighted by Crippen LogP contribution is -2.43. The zero-order valence-corrected chi connectivity index (χ0v) is 12.0. The predicted octanol–water partition coefficient (Wildman–Crippen LogP) is 2.06. The third-order valence-corrected chi connectivity index (χ3v) is 3.73. The number of piperidine rings is 1. The molecule has 0 unspecified atom stereocenters. The van der Waals surface area contributed by atoms with Crippen molar-refractivity contribution in [2.24, 2.45) is 5.92 Å². The number of amides is 1. The second-order valence-corrected chi connectivity index (χ2v) is 5.22. The van der Waals surface area contributed by atoms with Gasteiger partial charge in [0.1, 0.15) is 5.82 Å². The van der Waals surface area contributed by atoms with E-state index in [1.807, 2.05) is 6.07 Å². The van der Waals surface area contributed by atoms with Gasteiger partial charge < -0.3 is 0 Å². The van der Waals surface area contributed by atoms with Gasteiger partial charge in [-0.25, -0.2) is 9.45 Å². The average molecular weight is 280 g/mol. The van der Waals surface area contributed by atoms with Crippen LogP contribution in [-0.4, -0.2) is 43.1 Å². The first-order chi connectivity index (χ1) is 9.60.